The van der Waals surface area contributed by atoms with Crippen molar-refractivity contribution in [2.45, 2.75) is 18.0 Å². The van der Waals surface area contributed by atoms with Crippen molar-refractivity contribution in [2.75, 3.05) is 12.5 Å². The van der Waals surface area contributed by atoms with Crippen molar-refractivity contribution >= 4 is 45.1 Å². The molecule has 0 aliphatic carbocycles. The van der Waals surface area contributed by atoms with Gasteiger partial charge in [0.25, 0.3) is 0 Å². The number of carbonyl (C=O) groups is 2. The molecule has 0 bridgehead atoms. The lowest BCUT2D eigenvalue weighted by Gasteiger charge is -2.30. The van der Waals surface area contributed by atoms with Crippen molar-refractivity contribution in [3.63, 3.8) is 0 Å². The molecule has 0 saturated heterocycles. The second-order valence-electron chi connectivity index (χ2n) is 4.54. The first-order chi connectivity index (χ1) is 11.7. The van der Waals surface area contributed by atoms with E-state index in [1.807, 2.05) is 5.43 Å². The molecule has 0 unspecified atom stereocenters. The van der Waals surface area contributed by atoms with Gasteiger partial charge >= 0.3 is 29.9 Å². The van der Waals surface area contributed by atoms with Gasteiger partial charge in [-0.25, -0.2) is 9.18 Å². The minimum absolute atomic E-state index is 0.0833. The number of esters is 1. The highest BCUT2D eigenvalue weighted by molar-refractivity contribution is 9.10. The first-order valence-corrected chi connectivity index (χ1v) is 7.30. The number of methoxy groups -OCH3 is 1. The lowest BCUT2D eigenvalue weighted by Crippen LogP contribution is -2.50. The standard InChI is InChI=1S/C12H7BrClF7N2O3/c1-26-9(25)8(24)23-22-7-5(13)2-4(3-6(7)14)10(15,11(16,17)18)12(19,20)21/h2-3,22H,1H3,(H,23,24). The fraction of sp³-hybridized carbons (Fsp3) is 0.333. The van der Waals surface area contributed by atoms with Gasteiger partial charge in [-0.05, 0) is 28.1 Å². The molecule has 0 fully saturated rings. The van der Waals surface area contributed by atoms with Gasteiger partial charge in [-0.15, -0.1) is 0 Å². The molecule has 146 valence electrons. The predicted octanol–water partition coefficient (Wildman–Crippen LogP) is 4.01. The molecule has 5 nitrogen and oxygen atoms in total. The summed E-state index contributed by atoms with van der Waals surface area (Å²) in [5.41, 5.74) is -4.22. The van der Waals surface area contributed by atoms with Crippen LogP contribution in [0.15, 0.2) is 16.6 Å². The van der Waals surface area contributed by atoms with Gasteiger partial charge in [0.2, 0.25) is 0 Å². The monoisotopic (exact) mass is 474 g/mol. The SMILES string of the molecule is COC(=O)C(=O)NNc1c(Cl)cc(C(F)(C(F)(F)F)C(F)(F)F)cc1Br. The van der Waals surface area contributed by atoms with Crippen LogP contribution in [0.25, 0.3) is 0 Å². The number of alkyl halides is 7. The molecule has 0 aromatic heterocycles. The number of hydrogen-bond donors (Lipinski definition) is 2. The summed E-state index contributed by atoms with van der Waals surface area (Å²) in [6.07, 6.45) is -12.6. The third kappa shape index (κ3) is 4.14. The summed E-state index contributed by atoms with van der Waals surface area (Å²) < 4.78 is 94.0. The normalized spacial score (nSPS) is 12.5. The molecule has 0 aliphatic heterocycles. The number of ether oxygens (including phenoxy) is 1. The molecule has 0 spiro atoms. The van der Waals surface area contributed by atoms with Gasteiger partial charge in [-0.3, -0.25) is 15.6 Å². The van der Waals surface area contributed by atoms with Gasteiger partial charge in [0, 0.05) is 10.0 Å². The van der Waals surface area contributed by atoms with Gasteiger partial charge in [-0.1, -0.05) is 11.6 Å². The molecule has 0 saturated carbocycles. The van der Waals surface area contributed by atoms with Gasteiger partial charge < -0.3 is 4.74 Å². The number of hydrogen-bond acceptors (Lipinski definition) is 4. The highest BCUT2D eigenvalue weighted by Gasteiger charge is 2.73. The smallest absolute Gasteiger partial charge is 0.435 e. The van der Waals surface area contributed by atoms with Gasteiger partial charge in [0.05, 0.1) is 17.8 Å². The van der Waals surface area contributed by atoms with E-state index in [1.54, 1.807) is 5.43 Å². The van der Waals surface area contributed by atoms with E-state index in [1.165, 1.54) is 0 Å². The Morgan fingerprint density at radius 1 is 1.08 bits per heavy atom. The van der Waals surface area contributed by atoms with Crippen LogP contribution >= 0.6 is 27.5 Å². The number of amides is 1. The Morgan fingerprint density at radius 3 is 1.96 bits per heavy atom. The summed E-state index contributed by atoms with van der Waals surface area (Å²) in [6.45, 7) is 0. The number of halogens is 9. The van der Waals surface area contributed by atoms with E-state index in [4.69, 9.17) is 11.6 Å². The summed E-state index contributed by atoms with van der Waals surface area (Å²) in [5.74, 6) is -2.69. The first kappa shape index (κ1) is 22.3. The second kappa shape index (κ2) is 7.47. The molecule has 1 rings (SSSR count). The van der Waals surface area contributed by atoms with E-state index >= 15 is 0 Å². The maximum absolute atomic E-state index is 14.0. The van der Waals surface area contributed by atoms with E-state index in [0.29, 0.717) is 0 Å². The van der Waals surface area contributed by atoms with Crippen LogP contribution in [0.3, 0.4) is 0 Å². The van der Waals surface area contributed by atoms with Crippen LogP contribution in [0.1, 0.15) is 5.56 Å². The highest BCUT2D eigenvalue weighted by Crippen LogP contribution is 2.54. The maximum Gasteiger partial charge on any atom is 0.435 e. The van der Waals surface area contributed by atoms with E-state index in [-0.39, 0.29) is 12.1 Å². The summed E-state index contributed by atoms with van der Waals surface area (Å²) in [4.78, 5) is 22.1. The minimum Gasteiger partial charge on any atom is -0.462 e. The fourth-order valence-electron chi connectivity index (χ4n) is 1.64. The van der Waals surface area contributed by atoms with Crippen LogP contribution in [0, 0.1) is 0 Å². The Kier molecular flexibility index (Phi) is 6.40. The average molecular weight is 476 g/mol. The molecular weight excluding hydrogens is 468 g/mol. The summed E-state index contributed by atoms with van der Waals surface area (Å²) >= 11 is 8.19. The van der Waals surface area contributed by atoms with Crippen molar-refractivity contribution < 1.29 is 45.1 Å². The Balaban J connectivity index is 3.32. The Hall–Kier alpha value is -1.76. The molecule has 26 heavy (non-hydrogen) atoms. The van der Waals surface area contributed by atoms with E-state index < -0.39 is 50.6 Å². The zero-order chi connectivity index (χ0) is 20.5. The van der Waals surface area contributed by atoms with Crippen LogP contribution in [0.4, 0.5) is 36.4 Å². The quantitative estimate of drug-likeness (QED) is 0.300. The molecule has 0 atom stereocenters. The lowest BCUT2D eigenvalue weighted by molar-refractivity contribution is -0.348. The second-order valence-corrected chi connectivity index (χ2v) is 5.80. The summed E-state index contributed by atoms with van der Waals surface area (Å²) in [7, 11) is 0.884. The van der Waals surface area contributed by atoms with Crippen molar-refractivity contribution in [2.24, 2.45) is 0 Å². The number of rotatable bonds is 3. The molecule has 1 aromatic carbocycles. The van der Waals surface area contributed by atoms with Gasteiger partial charge in [-0.2, -0.15) is 26.3 Å². The fourth-order valence-corrected chi connectivity index (χ4v) is 2.58. The van der Waals surface area contributed by atoms with Crippen LogP contribution in [0.2, 0.25) is 5.02 Å². The van der Waals surface area contributed by atoms with E-state index in [9.17, 15) is 40.3 Å². The largest absolute Gasteiger partial charge is 0.462 e. The minimum atomic E-state index is -6.32. The lowest BCUT2D eigenvalue weighted by atomic mass is 9.94. The van der Waals surface area contributed by atoms with Crippen molar-refractivity contribution in [1.29, 1.82) is 0 Å². The predicted molar refractivity (Wildman–Crippen MR) is 77.8 cm³/mol. The van der Waals surface area contributed by atoms with Crippen LogP contribution in [-0.4, -0.2) is 31.3 Å². The first-order valence-electron chi connectivity index (χ1n) is 6.13. The van der Waals surface area contributed by atoms with Crippen LogP contribution in [0.5, 0.6) is 0 Å². The Bertz CT molecular complexity index is 687. The molecule has 14 heteroatoms. The van der Waals surface area contributed by atoms with Crippen molar-refractivity contribution in [1.82, 2.24) is 5.43 Å². The topological polar surface area (TPSA) is 67.4 Å². The third-order valence-electron chi connectivity index (χ3n) is 2.89. The maximum atomic E-state index is 14.0. The van der Waals surface area contributed by atoms with E-state index in [2.05, 4.69) is 20.7 Å². The van der Waals surface area contributed by atoms with Gasteiger partial charge in [0.1, 0.15) is 0 Å². The number of benzene rings is 1. The molecule has 1 aromatic rings. The average Bonchev–Trinajstić information content (AvgIpc) is 2.49. The molecular formula is C12H7BrClF7N2O3. The molecule has 0 aliphatic rings. The highest BCUT2D eigenvalue weighted by atomic mass is 79.9. The Labute approximate surface area is 153 Å². The molecule has 0 heterocycles. The Morgan fingerprint density at radius 2 is 1.58 bits per heavy atom. The molecule has 2 N–H and O–H groups in total. The number of anilines is 1. The van der Waals surface area contributed by atoms with E-state index in [0.717, 1.165) is 7.11 Å². The number of nitrogens with one attached hydrogen (secondary N) is 2. The van der Waals surface area contributed by atoms with Crippen molar-refractivity contribution in [3.05, 3.63) is 27.2 Å². The zero-order valence-electron chi connectivity index (χ0n) is 12.3. The summed E-state index contributed by atoms with van der Waals surface area (Å²) in [5, 5.41) is -0.810. The van der Waals surface area contributed by atoms with Crippen LogP contribution in [-0.2, 0) is 20.0 Å². The number of carbonyl (C=O) groups excluding carboxylic acids is 2. The molecule has 1 amide bonds. The van der Waals surface area contributed by atoms with Gasteiger partial charge in [0.15, 0.2) is 0 Å². The molecule has 0 radical (unpaired) electrons. The summed E-state index contributed by atoms with van der Waals surface area (Å²) in [6, 6.07) is 0.263. The zero-order valence-corrected chi connectivity index (χ0v) is 14.6. The van der Waals surface area contributed by atoms with Crippen LogP contribution < -0.4 is 10.9 Å². The van der Waals surface area contributed by atoms with Crippen molar-refractivity contribution in [3.8, 4) is 0 Å². The number of hydrazine groups is 1. The third-order valence-corrected chi connectivity index (χ3v) is 3.82.